The normalized spacial score (nSPS) is 14.4. The Morgan fingerprint density at radius 1 is 0.963 bits per heavy atom. The van der Waals surface area contributed by atoms with Crippen LogP contribution in [0, 0.1) is 0 Å². The molecular weight excluding hydrogens is 342 g/mol. The number of rotatable bonds is 7. The third-order valence-electron chi connectivity index (χ3n) is 4.64. The van der Waals surface area contributed by atoms with Crippen LogP contribution in [0.1, 0.15) is 26.3 Å². The molecule has 0 fully saturated rings. The summed E-state index contributed by atoms with van der Waals surface area (Å²) < 4.78 is 0. The molecule has 0 saturated heterocycles. The number of carbonyl (C=O) groups is 3. The van der Waals surface area contributed by atoms with Crippen LogP contribution in [-0.4, -0.2) is 55.8 Å². The highest BCUT2D eigenvalue weighted by Crippen LogP contribution is 2.26. The van der Waals surface area contributed by atoms with Gasteiger partial charge in [0.15, 0.2) is 0 Å². The Hall–Kier alpha value is -2.99. The Morgan fingerprint density at radius 2 is 1.52 bits per heavy atom. The zero-order chi connectivity index (χ0) is 19.4. The molecule has 2 aromatic rings. The molecule has 3 amide bonds. The van der Waals surface area contributed by atoms with Crippen LogP contribution in [0.4, 0.5) is 0 Å². The smallest absolute Gasteiger partial charge is 0.262 e. The fraction of sp³-hybridized carbons (Fsp3) is 0.286. The van der Waals surface area contributed by atoms with Gasteiger partial charge >= 0.3 is 0 Å². The van der Waals surface area contributed by atoms with Crippen LogP contribution in [0.3, 0.4) is 0 Å². The minimum atomic E-state index is -0.878. The summed E-state index contributed by atoms with van der Waals surface area (Å²) in [7, 11) is 4.00. The number of carbonyl (C=O) groups excluding carboxylic acids is 3. The number of hydrogen-bond donors (Lipinski definition) is 2. The van der Waals surface area contributed by atoms with Crippen molar-refractivity contribution < 1.29 is 19.3 Å². The van der Waals surface area contributed by atoms with Gasteiger partial charge < -0.3 is 10.2 Å². The van der Waals surface area contributed by atoms with Gasteiger partial charge in [-0.2, -0.15) is 0 Å². The van der Waals surface area contributed by atoms with Gasteiger partial charge in [0.25, 0.3) is 11.8 Å². The van der Waals surface area contributed by atoms with Crippen LogP contribution in [0.2, 0.25) is 0 Å². The van der Waals surface area contributed by atoms with E-state index < -0.39 is 17.9 Å². The van der Waals surface area contributed by atoms with Gasteiger partial charge in [0.05, 0.1) is 38.3 Å². The molecule has 6 nitrogen and oxygen atoms in total. The highest BCUT2D eigenvalue weighted by atomic mass is 16.2. The molecule has 3 rings (SSSR count). The first-order valence-electron chi connectivity index (χ1n) is 9.06. The van der Waals surface area contributed by atoms with E-state index in [4.69, 9.17) is 0 Å². The summed E-state index contributed by atoms with van der Waals surface area (Å²) in [5.41, 5.74) is 1.60. The first-order valence-corrected chi connectivity index (χ1v) is 9.06. The van der Waals surface area contributed by atoms with Gasteiger partial charge in [0, 0.05) is 6.42 Å². The number of nitrogens with one attached hydrogen (secondary N) is 2. The molecule has 1 atom stereocenters. The summed E-state index contributed by atoms with van der Waals surface area (Å²) in [6.45, 7) is 1.24. The van der Waals surface area contributed by atoms with Gasteiger partial charge in [-0.25, -0.2) is 0 Å². The Morgan fingerprint density at radius 3 is 2.07 bits per heavy atom. The molecule has 0 bridgehead atoms. The SMILES string of the molecule is C[NH+](C)CCNC(=O)C(Cc1ccccc1)N1C(=O)c2ccccc2C1=O. The highest BCUT2D eigenvalue weighted by Gasteiger charge is 2.42. The minimum absolute atomic E-state index is 0.285. The van der Waals surface area contributed by atoms with Crippen molar-refractivity contribution in [2.24, 2.45) is 0 Å². The topological polar surface area (TPSA) is 70.9 Å². The molecule has 1 unspecified atom stereocenters. The van der Waals surface area contributed by atoms with Gasteiger partial charge in [-0.1, -0.05) is 42.5 Å². The molecule has 1 heterocycles. The van der Waals surface area contributed by atoms with Gasteiger partial charge in [-0.15, -0.1) is 0 Å². The average molecular weight is 366 g/mol. The molecule has 0 radical (unpaired) electrons. The first kappa shape index (κ1) is 18.8. The number of likely N-dealkylation sites (N-methyl/N-ethyl adjacent to an activating group) is 1. The Bertz CT molecular complexity index is 814. The predicted octanol–water partition coefficient (Wildman–Crippen LogP) is 0.155. The number of amides is 3. The number of nitrogens with zero attached hydrogens (tertiary/aromatic N) is 1. The predicted molar refractivity (Wildman–Crippen MR) is 102 cm³/mol. The third kappa shape index (κ3) is 4.06. The van der Waals surface area contributed by atoms with Crippen molar-refractivity contribution >= 4 is 17.7 Å². The van der Waals surface area contributed by atoms with Crippen molar-refractivity contribution in [2.75, 3.05) is 27.2 Å². The number of quaternary nitrogens is 1. The molecule has 1 aliphatic rings. The Balaban J connectivity index is 1.87. The van der Waals surface area contributed by atoms with Crippen molar-refractivity contribution in [3.63, 3.8) is 0 Å². The van der Waals surface area contributed by atoms with E-state index in [1.807, 2.05) is 44.4 Å². The lowest BCUT2D eigenvalue weighted by atomic mass is 10.0. The quantitative estimate of drug-likeness (QED) is 0.686. The molecule has 0 aliphatic carbocycles. The van der Waals surface area contributed by atoms with Gasteiger partial charge in [-0.05, 0) is 17.7 Å². The maximum absolute atomic E-state index is 12.9. The molecule has 6 heteroatoms. The fourth-order valence-corrected chi connectivity index (χ4v) is 3.18. The molecule has 140 valence electrons. The second kappa shape index (κ2) is 8.14. The Kier molecular flexibility index (Phi) is 5.66. The summed E-state index contributed by atoms with van der Waals surface area (Å²) in [5, 5.41) is 2.87. The van der Waals surface area contributed by atoms with E-state index in [2.05, 4.69) is 5.32 Å². The summed E-state index contributed by atoms with van der Waals surface area (Å²) in [5.74, 6) is -1.13. The summed E-state index contributed by atoms with van der Waals surface area (Å²) in [6, 6.07) is 15.2. The molecule has 0 saturated carbocycles. The first-order chi connectivity index (χ1) is 13.0. The molecule has 2 N–H and O–H groups in total. The monoisotopic (exact) mass is 366 g/mol. The van der Waals surface area contributed by atoms with E-state index in [1.54, 1.807) is 24.3 Å². The van der Waals surface area contributed by atoms with Crippen molar-refractivity contribution in [3.8, 4) is 0 Å². The zero-order valence-corrected chi connectivity index (χ0v) is 15.6. The summed E-state index contributed by atoms with van der Waals surface area (Å²) in [4.78, 5) is 40.9. The summed E-state index contributed by atoms with van der Waals surface area (Å²) >= 11 is 0. The van der Waals surface area contributed by atoms with E-state index in [-0.39, 0.29) is 12.3 Å². The van der Waals surface area contributed by atoms with Crippen LogP contribution in [0.5, 0.6) is 0 Å². The second-order valence-corrected chi connectivity index (χ2v) is 6.98. The van der Waals surface area contributed by atoms with E-state index >= 15 is 0 Å². The standard InChI is InChI=1S/C21H23N3O3/c1-23(2)13-12-22-19(25)18(14-15-8-4-3-5-9-15)24-20(26)16-10-6-7-11-17(16)21(24)27/h3-11,18H,12-14H2,1-2H3,(H,22,25)/p+1. The van der Waals surface area contributed by atoms with E-state index in [9.17, 15) is 14.4 Å². The fourth-order valence-electron chi connectivity index (χ4n) is 3.18. The summed E-state index contributed by atoms with van der Waals surface area (Å²) in [6.07, 6.45) is 0.285. The zero-order valence-electron chi connectivity index (χ0n) is 15.6. The van der Waals surface area contributed by atoms with Gasteiger partial charge in [-0.3, -0.25) is 19.3 Å². The largest absolute Gasteiger partial charge is 0.349 e. The van der Waals surface area contributed by atoms with E-state index in [1.165, 1.54) is 4.90 Å². The second-order valence-electron chi connectivity index (χ2n) is 6.98. The van der Waals surface area contributed by atoms with Crippen molar-refractivity contribution in [3.05, 3.63) is 71.3 Å². The van der Waals surface area contributed by atoms with Crippen molar-refractivity contribution in [1.82, 2.24) is 10.2 Å². The lowest BCUT2D eigenvalue weighted by Crippen LogP contribution is -3.06. The number of imide groups is 1. The van der Waals surface area contributed by atoms with Crippen molar-refractivity contribution in [1.29, 1.82) is 0 Å². The van der Waals surface area contributed by atoms with Gasteiger partial charge in [0.2, 0.25) is 5.91 Å². The van der Waals surface area contributed by atoms with E-state index in [0.29, 0.717) is 17.7 Å². The maximum atomic E-state index is 12.9. The lowest BCUT2D eigenvalue weighted by molar-refractivity contribution is -0.856. The molecule has 27 heavy (non-hydrogen) atoms. The molecule has 1 aliphatic heterocycles. The van der Waals surface area contributed by atoms with Crippen LogP contribution in [0.15, 0.2) is 54.6 Å². The average Bonchev–Trinajstić information content (AvgIpc) is 2.91. The number of fused-ring (bicyclic) bond motifs is 1. The maximum Gasteiger partial charge on any atom is 0.262 e. The van der Waals surface area contributed by atoms with Gasteiger partial charge in [0.1, 0.15) is 6.04 Å². The van der Waals surface area contributed by atoms with Crippen LogP contribution >= 0.6 is 0 Å². The Labute approximate surface area is 158 Å². The molecule has 2 aromatic carbocycles. The highest BCUT2D eigenvalue weighted by molar-refractivity contribution is 6.22. The lowest BCUT2D eigenvalue weighted by Gasteiger charge is -2.25. The molecule has 0 aromatic heterocycles. The number of hydrogen-bond acceptors (Lipinski definition) is 3. The molecular formula is C21H24N3O3+. The minimum Gasteiger partial charge on any atom is -0.349 e. The van der Waals surface area contributed by atoms with Crippen LogP contribution in [-0.2, 0) is 11.2 Å². The van der Waals surface area contributed by atoms with Crippen LogP contribution < -0.4 is 10.2 Å². The number of benzene rings is 2. The van der Waals surface area contributed by atoms with E-state index in [0.717, 1.165) is 17.0 Å². The van der Waals surface area contributed by atoms with Crippen LogP contribution in [0.25, 0.3) is 0 Å². The van der Waals surface area contributed by atoms with Crippen molar-refractivity contribution in [2.45, 2.75) is 12.5 Å². The molecule has 0 spiro atoms. The third-order valence-corrected chi connectivity index (χ3v) is 4.64.